The maximum Gasteiger partial charge on any atom is 0.261 e. The van der Waals surface area contributed by atoms with Crippen LogP contribution < -0.4 is 35.7 Å². The highest BCUT2D eigenvalue weighted by molar-refractivity contribution is 6.98. The number of fused-ring (bicyclic) bond motifs is 8. The van der Waals surface area contributed by atoms with Crippen LogP contribution in [-0.4, -0.2) is 6.71 Å². The molecule has 4 nitrogen and oxygen atoms in total. The number of anilines is 6. The second kappa shape index (κ2) is 16.5. The summed E-state index contributed by atoms with van der Waals surface area (Å²) in [6.07, 6.45) is 0. The minimum atomic E-state index is -0.409. The van der Waals surface area contributed by atoms with Crippen LogP contribution in [-0.2, 0) is 27.1 Å². The van der Waals surface area contributed by atoms with Crippen LogP contribution in [0.3, 0.4) is 0 Å². The van der Waals surface area contributed by atoms with Gasteiger partial charge in [0.2, 0.25) is 0 Å². The van der Waals surface area contributed by atoms with Crippen molar-refractivity contribution in [2.45, 2.75) is 124 Å². The fourth-order valence-electron chi connectivity index (χ4n) is 11.4. The fraction of sp³-hybridized carbons (Fsp3) is 0.284. The highest BCUT2D eigenvalue weighted by atomic mass is 16.5. The molecule has 0 N–H and O–H groups in total. The lowest BCUT2D eigenvalue weighted by molar-refractivity contribution is 0.463. The summed E-state index contributed by atoms with van der Waals surface area (Å²) in [5.41, 5.74) is 19.2. The molecule has 0 unspecified atom stereocenters. The normalized spacial score (nSPS) is 14.5. The number of nitrogens with zero attached hydrogens (tertiary/aromatic N) is 2. The molecule has 0 radical (unpaired) electrons. The van der Waals surface area contributed by atoms with Crippen LogP contribution in [0.1, 0.15) is 132 Å². The first-order valence-corrected chi connectivity index (χ1v) is 25.9. The molecule has 11 rings (SSSR count). The Morgan fingerprint density at radius 3 is 1.31 bits per heavy atom. The van der Waals surface area contributed by atoms with E-state index < -0.39 is 5.41 Å². The quantitative estimate of drug-likeness (QED) is 0.155. The highest BCUT2D eigenvalue weighted by Crippen LogP contribution is 2.56. The molecule has 3 aliphatic rings. The standard InChI is InChI=1S/C67H69BN2O2/c1-63(2,3)42-22-30-46(31-23-42)69(47-32-24-43(25-33-47)64(4,5)6)50-38-39-53-57(40-50)71-55-20-17-21-56-61(55)68(53)62-58(72-56)41-54(59-51-18-15-16-19-52(51)67(13,14)60(59)62)70(48-34-26-44(27-35-48)65(7,8)9)49-36-28-45(29-37-49)66(10,11)12/h15-41H,1-14H3/i17D. The minimum absolute atomic E-state index is 0.00100. The van der Waals surface area contributed by atoms with Crippen molar-refractivity contribution in [2.75, 3.05) is 9.80 Å². The van der Waals surface area contributed by atoms with E-state index in [4.69, 9.17) is 10.8 Å². The van der Waals surface area contributed by atoms with Gasteiger partial charge in [-0.25, -0.2) is 0 Å². The van der Waals surface area contributed by atoms with Crippen LogP contribution in [0.25, 0.3) is 11.1 Å². The van der Waals surface area contributed by atoms with Crippen LogP contribution in [0.4, 0.5) is 34.1 Å². The Balaban J connectivity index is 1.14. The summed E-state index contributed by atoms with van der Waals surface area (Å²) in [5, 5.41) is 0. The maximum absolute atomic E-state index is 9.15. The van der Waals surface area contributed by atoms with Gasteiger partial charge in [0.15, 0.2) is 0 Å². The minimum Gasteiger partial charge on any atom is -0.458 e. The predicted octanol–water partition coefficient (Wildman–Crippen LogP) is 16.9. The zero-order valence-electron chi connectivity index (χ0n) is 45.8. The molecule has 2 aliphatic heterocycles. The van der Waals surface area contributed by atoms with Gasteiger partial charge in [0, 0.05) is 57.0 Å². The zero-order valence-corrected chi connectivity index (χ0v) is 44.8. The molecule has 0 saturated carbocycles. The summed E-state index contributed by atoms with van der Waals surface area (Å²) < 4.78 is 23.4. The van der Waals surface area contributed by atoms with Gasteiger partial charge in [0.1, 0.15) is 23.0 Å². The van der Waals surface area contributed by atoms with E-state index in [1.165, 1.54) is 44.5 Å². The van der Waals surface area contributed by atoms with E-state index in [0.29, 0.717) is 17.5 Å². The molecule has 8 aromatic carbocycles. The monoisotopic (exact) mass is 946 g/mol. The first-order valence-electron chi connectivity index (χ1n) is 26.4. The Kier molecular flexibility index (Phi) is 10.6. The predicted molar refractivity (Wildman–Crippen MR) is 306 cm³/mol. The molecular weight excluding hydrogens is 876 g/mol. The van der Waals surface area contributed by atoms with E-state index in [1.807, 2.05) is 12.1 Å². The molecule has 0 atom stereocenters. The number of rotatable bonds is 6. The highest BCUT2D eigenvalue weighted by Gasteiger charge is 2.49. The third-order valence-electron chi connectivity index (χ3n) is 15.6. The van der Waals surface area contributed by atoms with Crippen LogP contribution in [0.2, 0.25) is 0 Å². The van der Waals surface area contributed by atoms with Gasteiger partial charge in [-0.15, -0.1) is 0 Å². The third kappa shape index (κ3) is 7.91. The van der Waals surface area contributed by atoms with Crippen molar-refractivity contribution in [2.24, 2.45) is 0 Å². The van der Waals surface area contributed by atoms with E-state index in [2.05, 4.69) is 252 Å². The van der Waals surface area contributed by atoms with Crippen molar-refractivity contribution in [1.29, 1.82) is 0 Å². The molecule has 0 amide bonds. The summed E-state index contributed by atoms with van der Waals surface area (Å²) in [6, 6.07) is 58.3. The molecule has 5 heteroatoms. The molecule has 8 aromatic rings. The van der Waals surface area contributed by atoms with Crippen LogP contribution >= 0.6 is 0 Å². The summed E-state index contributed by atoms with van der Waals surface area (Å²) in [6.45, 7) is 31.7. The lowest BCUT2D eigenvalue weighted by Gasteiger charge is -2.38. The van der Waals surface area contributed by atoms with Gasteiger partial charge in [0.25, 0.3) is 6.71 Å². The topological polar surface area (TPSA) is 24.9 Å². The van der Waals surface area contributed by atoms with Crippen molar-refractivity contribution >= 4 is 57.2 Å². The average Bonchev–Trinajstić information content (AvgIpc) is 3.57. The van der Waals surface area contributed by atoms with Crippen molar-refractivity contribution in [3.8, 4) is 34.1 Å². The zero-order chi connectivity index (χ0) is 51.7. The Hall–Kier alpha value is -6.98. The maximum atomic E-state index is 9.15. The first-order chi connectivity index (χ1) is 34.4. The van der Waals surface area contributed by atoms with Gasteiger partial charge in [-0.3, -0.25) is 0 Å². The summed E-state index contributed by atoms with van der Waals surface area (Å²) >= 11 is 0. The summed E-state index contributed by atoms with van der Waals surface area (Å²) in [5.74, 6) is 2.88. The first kappa shape index (κ1) is 46.1. The Morgan fingerprint density at radius 1 is 0.431 bits per heavy atom. The molecule has 1 aliphatic carbocycles. The molecule has 0 saturated heterocycles. The molecule has 362 valence electrons. The molecule has 0 spiro atoms. The van der Waals surface area contributed by atoms with E-state index in [9.17, 15) is 0 Å². The van der Waals surface area contributed by atoms with Crippen molar-refractivity contribution < 1.29 is 10.8 Å². The van der Waals surface area contributed by atoms with Crippen LogP contribution in [0, 0.1) is 0 Å². The third-order valence-corrected chi connectivity index (χ3v) is 15.6. The number of hydrogen-bond donors (Lipinski definition) is 0. The molecule has 0 bridgehead atoms. The Labute approximate surface area is 431 Å². The smallest absolute Gasteiger partial charge is 0.261 e. The number of hydrogen-bond acceptors (Lipinski definition) is 4. The van der Waals surface area contributed by atoms with E-state index in [1.54, 1.807) is 0 Å². The number of benzene rings is 8. The van der Waals surface area contributed by atoms with Gasteiger partial charge in [-0.2, -0.15) is 0 Å². The Morgan fingerprint density at radius 2 is 0.847 bits per heavy atom. The van der Waals surface area contributed by atoms with Crippen molar-refractivity contribution in [1.82, 2.24) is 0 Å². The second-order valence-electron chi connectivity index (χ2n) is 25.0. The fourth-order valence-corrected chi connectivity index (χ4v) is 11.4. The van der Waals surface area contributed by atoms with Gasteiger partial charge in [-0.1, -0.05) is 182 Å². The van der Waals surface area contributed by atoms with E-state index in [0.717, 1.165) is 62.0 Å². The SMILES string of the molecule is [2H]c1cc2c3c(c1)Oc1cc(N(c4ccc(C(C)(C)C)cc4)c4ccc(C(C)(C)C)cc4)c4c(c1B3c1ccc(N(c3ccc(C(C)(C)C)cc3)c3ccc(C(C)(C)C)cc3)cc1O2)C(C)(C)c1ccccc1-4. The molecule has 0 fully saturated rings. The Bertz CT molecular complexity index is 3320. The molecule has 0 aromatic heterocycles. The van der Waals surface area contributed by atoms with Gasteiger partial charge >= 0.3 is 0 Å². The van der Waals surface area contributed by atoms with Crippen molar-refractivity contribution in [3.63, 3.8) is 0 Å². The summed E-state index contributed by atoms with van der Waals surface area (Å²) in [7, 11) is 0. The van der Waals surface area contributed by atoms with E-state index in [-0.39, 0.29) is 28.4 Å². The van der Waals surface area contributed by atoms with Crippen molar-refractivity contribution in [3.05, 3.63) is 197 Å². The second-order valence-corrected chi connectivity index (χ2v) is 25.0. The van der Waals surface area contributed by atoms with Crippen LogP contribution in [0.5, 0.6) is 23.0 Å². The van der Waals surface area contributed by atoms with Gasteiger partial charge < -0.3 is 19.3 Å². The molecule has 2 heterocycles. The largest absolute Gasteiger partial charge is 0.458 e. The average molecular weight is 946 g/mol. The van der Waals surface area contributed by atoms with Gasteiger partial charge in [-0.05, 0) is 138 Å². The lowest BCUT2D eigenvalue weighted by atomic mass is 9.33. The van der Waals surface area contributed by atoms with Crippen LogP contribution in [0.15, 0.2) is 164 Å². The molecule has 72 heavy (non-hydrogen) atoms. The lowest BCUT2D eigenvalue weighted by Crippen LogP contribution is -2.59. The van der Waals surface area contributed by atoms with E-state index >= 15 is 0 Å². The summed E-state index contributed by atoms with van der Waals surface area (Å²) in [4.78, 5) is 4.77. The number of ether oxygens (including phenoxy) is 2. The van der Waals surface area contributed by atoms with Gasteiger partial charge in [0.05, 0.1) is 7.06 Å². The molecular formula is C67H69BN2O2.